The molecule has 43 heavy (non-hydrogen) atoms. The minimum Gasteiger partial charge on any atom is -0.450 e. The molecule has 0 bridgehead atoms. The molecule has 5 aromatic heterocycles. The zero-order valence-corrected chi connectivity index (χ0v) is 23.2. The number of nitrogens with one attached hydrogen (secondary N) is 1. The zero-order valence-electron chi connectivity index (χ0n) is 22.4. The predicted octanol–water partition coefficient (Wildman–Crippen LogP) is 5.11. The van der Waals surface area contributed by atoms with Crippen LogP contribution in [0.5, 0.6) is 11.5 Å². The highest BCUT2D eigenvalue weighted by atomic mass is 35.5. The van der Waals surface area contributed by atoms with Crippen molar-refractivity contribution in [1.82, 2.24) is 38.6 Å². The molecule has 17 heteroatoms. The lowest BCUT2D eigenvalue weighted by molar-refractivity contribution is -0.138. The minimum absolute atomic E-state index is 0.00371. The lowest BCUT2D eigenvalue weighted by atomic mass is 10.2. The summed E-state index contributed by atoms with van der Waals surface area (Å²) in [5.41, 5.74) is -1.16. The highest BCUT2D eigenvalue weighted by molar-refractivity contribution is 6.36. The minimum atomic E-state index is -4.75. The first-order valence-electron chi connectivity index (χ1n) is 13.0. The lowest BCUT2D eigenvalue weighted by Gasteiger charge is -2.17. The van der Waals surface area contributed by atoms with Gasteiger partial charge in [0.2, 0.25) is 5.95 Å². The predicted molar refractivity (Wildman–Crippen MR) is 146 cm³/mol. The molecule has 226 valence electrons. The van der Waals surface area contributed by atoms with Crippen LogP contribution in [0.1, 0.15) is 18.4 Å². The van der Waals surface area contributed by atoms with E-state index < -0.39 is 29.8 Å². The summed E-state index contributed by atoms with van der Waals surface area (Å²) in [6, 6.07) is 0.696. The van der Waals surface area contributed by atoms with E-state index in [0.29, 0.717) is 22.8 Å². The van der Waals surface area contributed by atoms with E-state index in [-0.39, 0.29) is 60.5 Å². The molecule has 0 amide bonds. The molecule has 5 aromatic rings. The Balaban J connectivity index is 1.28. The molecular weight excluding hydrogens is 601 g/mol. The normalized spacial score (nSPS) is 15.5. The van der Waals surface area contributed by atoms with Crippen LogP contribution in [0.2, 0.25) is 5.02 Å². The van der Waals surface area contributed by atoms with E-state index in [9.17, 15) is 26.7 Å². The number of hydrogen-bond donors (Lipinski definition) is 1. The van der Waals surface area contributed by atoms with Gasteiger partial charge in [0, 0.05) is 51.7 Å². The first-order chi connectivity index (χ1) is 20.4. The fourth-order valence-electron chi connectivity index (χ4n) is 4.93. The van der Waals surface area contributed by atoms with Gasteiger partial charge < -0.3 is 19.2 Å². The van der Waals surface area contributed by atoms with Crippen LogP contribution >= 0.6 is 11.6 Å². The van der Waals surface area contributed by atoms with Crippen LogP contribution in [-0.4, -0.2) is 64.2 Å². The third kappa shape index (κ3) is 5.71. The smallest absolute Gasteiger partial charge is 0.417 e. The van der Waals surface area contributed by atoms with Crippen molar-refractivity contribution in [3.8, 4) is 11.5 Å². The molecule has 0 spiro atoms. The number of aromatic nitrogens is 7. The molecule has 0 unspecified atom stereocenters. The first-order valence-corrected chi connectivity index (χ1v) is 13.4. The van der Waals surface area contributed by atoms with Crippen LogP contribution < -0.4 is 15.6 Å². The number of nitrogens with zero attached hydrogens (tertiary/aromatic N) is 8. The van der Waals surface area contributed by atoms with Crippen LogP contribution in [0.15, 0.2) is 48.0 Å². The molecule has 1 aliphatic heterocycles. The van der Waals surface area contributed by atoms with E-state index in [1.165, 1.54) is 21.9 Å². The Morgan fingerprint density at radius 1 is 1.16 bits per heavy atom. The van der Waals surface area contributed by atoms with Gasteiger partial charge in [-0.3, -0.25) is 14.7 Å². The van der Waals surface area contributed by atoms with Crippen molar-refractivity contribution < 1.29 is 26.7 Å². The molecule has 1 saturated heterocycles. The first kappa shape index (κ1) is 28.8. The Hall–Kier alpha value is -4.31. The fraction of sp³-hybridized carbons (Fsp3) is 0.346. The number of rotatable bonds is 8. The monoisotopic (exact) mass is 623 g/mol. The van der Waals surface area contributed by atoms with Gasteiger partial charge in [0.05, 0.1) is 30.7 Å². The Labute approximate surface area is 244 Å². The SMILES string of the molecule is Cn1c(Nc2cc(C(F)(F)F)cn(CCCN3CCC(F)(F)C3)c2=O)nc2ncc(Oc3cnn4ccncc34)c(Cl)c21. The molecule has 11 nitrogen and oxygen atoms in total. The van der Waals surface area contributed by atoms with Gasteiger partial charge in [-0.25, -0.2) is 18.3 Å². The lowest BCUT2D eigenvalue weighted by Crippen LogP contribution is -2.29. The zero-order chi connectivity index (χ0) is 30.5. The molecule has 0 radical (unpaired) electrons. The van der Waals surface area contributed by atoms with E-state index in [2.05, 4.69) is 25.4 Å². The van der Waals surface area contributed by atoms with E-state index in [4.69, 9.17) is 16.3 Å². The van der Waals surface area contributed by atoms with Crippen LogP contribution in [0.25, 0.3) is 16.7 Å². The number of alkyl halides is 5. The molecular formula is C26H23ClF5N9O2. The van der Waals surface area contributed by atoms with Crippen molar-refractivity contribution in [2.45, 2.75) is 31.5 Å². The van der Waals surface area contributed by atoms with Crippen molar-refractivity contribution in [3.05, 3.63) is 64.2 Å². The summed E-state index contributed by atoms with van der Waals surface area (Å²) in [4.78, 5) is 27.4. The second-order valence-electron chi connectivity index (χ2n) is 10.1. The van der Waals surface area contributed by atoms with Gasteiger partial charge in [-0.2, -0.15) is 23.3 Å². The highest BCUT2D eigenvalue weighted by Gasteiger charge is 2.37. The summed E-state index contributed by atoms with van der Waals surface area (Å²) in [5, 5.41) is 6.98. The van der Waals surface area contributed by atoms with Gasteiger partial charge in [0.15, 0.2) is 17.1 Å². The van der Waals surface area contributed by atoms with Crippen LogP contribution in [0, 0.1) is 0 Å². The topological polar surface area (TPSA) is 107 Å². The largest absolute Gasteiger partial charge is 0.450 e. The maximum Gasteiger partial charge on any atom is 0.417 e. The number of imidazole rings is 1. The molecule has 1 aliphatic rings. The quantitative estimate of drug-likeness (QED) is 0.238. The second kappa shape index (κ2) is 10.8. The van der Waals surface area contributed by atoms with Crippen molar-refractivity contribution in [1.29, 1.82) is 0 Å². The van der Waals surface area contributed by atoms with Gasteiger partial charge in [0.25, 0.3) is 11.5 Å². The number of hydrogen-bond acceptors (Lipinski definition) is 8. The maximum absolute atomic E-state index is 13.8. The van der Waals surface area contributed by atoms with Crippen molar-refractivity contribution >= 4 is 39.9 Å². The van der Waals surface area contributed by atoms with Gasteiger partial charge >= 0.3 is 6.18 Å². The average molecular weight is 624 g/mol. The summed E-state index contributed by atoms with van der Waals surface area (Å²) in [6.07, 6.45) is 3.48. The number of pyridine rings is 2. The number of ether oxygens (including phenoxy) is 1. The summed E-state index contributed by atoms with van der Waals surface area (Å²) in [5.74, 6) is -2.25. The van der Waals surface area contributed by atoms with Gasteiger partial charge in [-0.05, 0) is 12.5 Å². The Morgan fingerprint density at radius 3 is 2.72 bits per heavy atom. The molecule has 0 saturated carbocycles. The third-order valence-corrected chi connectivity index (χ3v) is 7.46. The Bertz CT molecular complexity index is 1890. The van der Waals surface area contributed by atoms with Crippen molar-refractivity contribution in [3.63, 3.8) is 0 Å². The van der Waals surface area contributed by atoms with E-state index in [1.54, 1.807) is 30.2 Å². The maximum atomic E-state index is 13.8. The van der Waals surface area contributed by atoms with Crippen LogP contribution in [0.4, 0.5) is 33.6 Å². The Kier molecular flexibility index (Phi) is 7.20. The summed E-state index contributed by atoms with van der Waals surface area (Å²) < 4.78 is 78.1. The third-order valence-electron chi connectivity index (χ3n) is 7.10. The molecule has 0 aromatic carbocycles. The fourth-order valence-corrected chi connectivity index (χ4v) is 5.23. The average Bonchev–Trinajstić information content (AvgIpc) is 3.62. The van der Waals surface area contributed by atoms with Gasteiger partial charge in [0.1, 0.15) is 21.7 Å². The molecule has 6 heterocycles. The molecule has 0 aliphatic carbocycles. The van der Waals surface area contributed by atoms with E-state index in [1.807, 2.05) is 0 Å². The number of fused-ring (bicyclic) bond motifs is 2. The second-order valence-corrected chi connectivity index (χ2v) is 10.5. The van der Waals surface area contributed by atoms with Gasteiger partial charge in [-0.15, -0.1) is 0 Å². The summed E-state index contributed by atoms with van der Waals surface area (Å²) >= 11 is 6.64. The molecule has 1 fully saturated rings. The number of halogens is 6. The standard InChI is InChI=1S/C26H23ClF5N9O2/c1-38-21-20(27)19(43-18-12-35-41-8-4-33-10-17(18)41)11-34-22(21)37-24(38)36-16-9-15(26(30,31)32)13-40(23(16)42)6-2-5-39-7-3-25(28,29)14-39/h4,8-13H,2-3,5-7,14H2,1H3,(H,34,36,37). The van der Waals surface area contributed by atoms with E-state index >= 15 is 0 Å². The van der Waals surface area contributed by atoms with Crippen molar-refractivity contribution in [2.75, 3.05) is 25.0 Å². The number of anilines is 2. The van der Waals surface area contributed by atoms with Gasteiger partial charge in [-0.1, -0.05) is 11.6 Å². The van der Waals surface area contributed by atoms with Crippen molar-refractivity contribution in [2.24, 2.45) is 7.05 Å². The Morgan fingerprint density at radius 2 is 1.98 bits per heavy atom. The summed E-state index contributed by atoms with van der Waals surface area (Å²) in [7, 11) is 1.55. The van der Waals surface area contributed by atoms with Crippen LogP contribution in [-0.2, 0) is 19.8 Å². The number of aryl methyl sites for hydroxylation is 2. The highest BCUT2D eigenvalue weighted by Crippen LogP contribution is 2.37. The molecule has 6 rings (SSSR count). The molecule has 0 atom stereocenters. The summed E-state index contributed by atoms with van der Waals surface area (Å²) in [6.45, 7) is -0.116. The van der Waals surface area contributed by atoms with E-state index in [0.717, 1.165) is 10.8 Å². The number of likely N-dealkylation sites (tertiary alicyclic amines) is 1. The molecule has 1 N–H and O–H groups in total. The van der Waals surface area contributed by atoms with Crippen LogP contribution in [0.3, 0.4) is 0 Å².